The van der Waals surface area contributed by atoms with E-state index in [1.54, 1.807) is 11.3 Å². The number of nitrogens with one attached hydrogen (secondary N) is 1. The molecule has 0 bridgehead atoms. The van der Waals surface area contributed by atoms with E-state index in [0.717, 1.165) is 56.3 Å². The van der Waals surface area contributed by atoms with Gasteiger partial charge in [0.1, 0.15) is 5.82 Å². The average molecular weight is 331 g/mol. The van der Waals surface area contributed by atoms with E-state index in [9.17, 15) is 4.79 Å². The van der Waals surface area contributed by atoms with E-state index in [-0.39, 0.29) is 17.9 Å². The van der Waals surface area contributed by atoms with Gasteiger partial charge < -0.3 is 14.8 Å². The van der Waals surface area contributed by atoms with Crippen molar-refractivity contribution >= 4 is 22.4 Å². The third-order valence-electron chi connectivity index (χ3n) is 4.76. The van der Waals surface area contributed by atoms with Crippen molar-refractivity contribution in [1.29, 1.82) is 0 Å². The molecule has 2 atom stereocenters. The lowest BCUT2D eigenvalue weighted by Gasteiger charge is -2.33. The molecule has 1 fully saturated rings. The molecule has 0 spiro atoms. The quantitative estimate of drug-likeness (QED) is 0.930. The first-order chi connectivity index (χ1) is 11.3. The maximum atomic E-state index is 12.7. The highest BCUT2D eigenvalue weighted by Gasteiger charge is 2.29. The molecule has 4 rings (SSSR count). The third kappa shape index (κ3) is 3.10. The molecule has 122 valence electrons. The highest BCUT2D eigenvalue weighted by Crippen LogP contribution is 2.25. The molecule has 0 saturated carbocycles. The van der Waals surface area contributed by atoms with E-state index in [1.807, 2.05) is 24.0 Å². The number of carbonyl (C=O) groups is 1. The van der Waals surface area contributed by atoms with Crippen molar-refractivity contribution in [3.8, 4) is 0 Å². The van der Waals surface area contributed by atoms with E-state index in [0.29, 0.717) is 0 Å². The first kappa shape index (κ1) is 14.7. The molecule has 6 nitrogen and oxygen atoms in total. The van der Waals surface area contributed by atoms with E-state index in [4.69, 9.17) is 0 Å². The number of thiazole rings is 1. The number of piperidine rings is 1. The summed E-state index contributed by atoms with van der Waals surface area (Å²) in [6.45, 7) is 2.62. The van der Waals surface area contributed by atoms with Gasteiger partial charge in [0, 0.05) is 56.1 Å². The second-order valence-electron chi connectivity index (χ2n) is 6.34. The summed E-state index contributed by atoms with van der Waals surface area (Å²) in [7, 11) is 0. The Labute approximate surface area is 139 Å². The summed E-state index contributed by atoms with van der Waals surface area (Å²) in [5.74, 6) is 1.39. The normalized spacial score (nSPS) is 24.3. The van der Waals surface area contributed by atoms with Crippen LogP contribution in [0.1, 0.15) is 25.1 Å². The van der Waals surface area contributed by atoms with Gasteiger partial charge in [-0.05, 0) is 19.3 Å². The number of anilines is 1. The minimum absolute atomic E-state index is 0.0665. The van der Waals surface area contributed by atoms with Crippen LogP contribution in [0.5, 0.6) is 0 Å². The molecule has 7 heteroatoms. The summed E-state index contributed by atoms with van der Waals surface area (Å²) < 4.78 is 2.15. The Balaban J connectivity index is 1.36. The largest absolute Gasteiger partial charge is 0.351 e. The summed E-state index contributed by atoms with van der Waals surface area (Å²) in [4.78, 5) is 23.6. The van der Waals surface area contributed by atoms with Gasteiger partial charge in [0.15, 0.2) is 5.13 Å². The van der Waals surface area contributed by atoms with Crippen molar-refractivity contribution in [3.63, 3.8) is 0 Å². The Morgan fingerprint density at radius 1 is 1.26 bits per heavy atom. The average Bonchev–Trinajstić information content (AvgIpc) is 3.26. The number of hydrogen-bond donors (Lipinski definition) is 1. The molecule has 0 radical (unpaired) electrons. The van der Waals surface area contributed by atoms with Gasteiger partial charge >= 0.3 is 0 Å². The predicted octanol–water partition coefficient (Wildman–Crippen LogP) is 1.69. The van der Waals surface area contributed by atoms with Crippen LogP contribution in [0.3, 0.4) is 0 Å². The molecule has 0 aromatic carbocycles. The zero-order valence-electron chi connectivity index (χ0n) is 13.0. The monoisotopic (exact) mass is 331 g/mol. The number of aromatic nitrogens is 3. The number of aryl methyl sites for hydroxylation is 1. The number of rotatable bonds is 3. The second kappa shape index (κ2) is 6.31. The Morgan fingerprint density at radius 2 is 2.22 bits per heavy atom. The topological polar surface area (TPSA) is 63.1 Å². The van der Waals surface area contributed by atoms with Crippen LogP contribution < -0.4 is 10.2 Å². The van der Waals surface area contributed by atoms with Crippen molar-refractivity contribution in [2.75, 3.05) is 18.0 Å². The van der Waals surface area contributed by atoms with Gasteiger partial charge in [-0.1, -0.05) is 0 Å². The van der Waals surface area contributed by atoms with Crippen molar-refractivity contribution in [2.24, 2.45) is 5.92 Å². The second-order valence-corrected chi connectivity index (χ2v) is 7.21. The van der Waals surface area contributed by atoms with Gasteiger partial charge in [-0.25, -0.2) is 9.97 Å². The van der Waals surface area contributed by atoms with Crippen LogP contribution in [-0.2, 0) is 17.8 Å². The number of hydrogen-bond acceptors (Lipinski definition) is 5. The van der Waals surface area contributed by atoms with Crippen LogP contribution in [0.2, 0.25) is 0 Å². The molecule has 1 N–H and O–H groups in total. The Bertz CT molecular complexity index is 668. The maximum Gasteiger partial charge on any atom is 0.225 e. The van der Waals surface area contributed by atoms with Gasteiger partial charge in [0.25, 0.3) is 0 Å². The minimum atomic E-state index is 0.0665. The van der Waals surface area contributed by atoms with Crippen LogP contribution in [0.15, 0.2) is 24.0 Å². The van der Waals surface area contributed by atoms with E-state index in [2.05, 4.69) is 24.8 Å². The molecular weight excluding hydrogens is 310 g/mol. The fourth-order valence-corrected chi connectivity index (χ4v) is 4.22. The Morgan fingerprint density at radius 3 is 3.09 bits per heavy atom. The molecule has 0 unspecified atom stereocenters. The van der Waals surface area contributed by atoms with E-state index < -0.39 is 0 Å². The number of fused-ring (bicyclic) bond motifs is 1. The SMILES string of the molecule is O=C(N[C@H]1CCc2nccn2C1)[C@H]1CCCN(c2nccs2)C1. The molecule has 4 heterocycles. The van der Waals surface area contributed by atoms with Crippen LogP contribution >= 0.6 is 11.3 Å². The molecule has 2 aliphatic heterocycles. The molecule has 2 aromatic heterocycles. The van der Waals surface area contributed by atoms with Gasteiger partial charge in [0.2, 0.25) is 5.91 Å². The molecule has 0 aliphatic carbocycles. The first-order valence-corrected chi connectivity index (χ1v) is 9.12. The predicted molar refractivity (Wildman–Crippen MR) is 89.5 cm³/mol. The van der Waals surface area contributed by atoms with Crippen molar-refractivity contribution < 1.29 is 4.79 Å². The summed E-state index contributed by atoms with van der Waals surface area (Å²) in [6.07, 6.45) is 9.60. The zero-order valence-corrected chi connectivity index (χ0v) is 13.8. The van der Waals surface area contributed by atoms with E-state index >= 15 is 0 Å². The number of amides is 1. The fraction of sp³-hybridized carbons (Fsp3) is 0.562. The first-order valence-electron chi connectivity index (χ1n) is 8.24. The molecule has 1 saturated heterocycles. The molecular formula is C16H21N5OS. The smallest absolute Gasteiger partial charge is 0.225 e. The maximum absolute atomic E-state index is 12.7. The molecule has 23 heavy (non-hydrogen) atoms. The van der Waals surface area contributed by atoms with Gasteiger partial charge in [0.05, 0.1) is 5.92 Å². The molecule has 1 amide bonds. The molecule has 2 aromatic rings. The lowest BCUT2D eigenvalue weighted by molar-refractivity contribution is -0.126. The number of carbonyl (C=O) groups excluding carboxylic acids is 1. The lowest BCUT2D eigenvalue weighted by atomic mass is 9.96. The third-order valence-corrected chi connectivity index (χ3v) is 5.60. The van der Waals surface area contributed by atoms with Crippen LogP contribution in [0.4, 0.5) is 5.13 Å². The summed E-state index contributed by atoms with van der Waals surface area (Å²) in [5, 5.41) is 6.27. The standard InChI is InChI=1S/C16H21N5OS/c22-15(19-13-3-4-14-17-5-8-20(14)11-13)12-2-1-7-21(10-12)16-18-6-9-23-16/h5-6,8-9,12-13H,1-4,7,10-11H2,(H,19,22)/t12-,13-/m0/s1. The number of nitrogens with zero attached hydrogens (tertiary/aromatic N) is 4. The van der Waals surface area contributed by atoms with Gasteiger partial charge in [-0.2, -0.15) is 0 Å². The molecule has 2 aliphatic rings. The van der Waals surface area contributed by atoms with Crippen LogP contribution in [0, 0.1) is 5.92 Å². The van der Waals surface area contributed by atoms with Gasteiger partial charge in [-0.15, -0.1) is 11.3 Å². The highest BCUT2D eigenvalue weighted by molar-refractivity contribution is 7.13. The van der Waals surface area contributed by atoms with Crippen LogP contribution in [0.25, 0.3) is 0 Å². The minimum Gasteiger partial charge on any atom is -0.351 e. The summed E-state index contributed by atoms with van der Waals surface area (Å²) in [6, 6.07) is 0.222. The van der Waals surface area contributed by atoms with Crippen molar-refractivity contribution in [3.05, 3.63) is 29.8 Å². The van der Waals surface area contributed by atoms with Crippen molar-refractivity contribution in [1.82, 2.24) is 19.9 Å². The zero-order chi connectivity index (χ0) is 15.6. The van der Waals surface area contributed by atoms with E-state index in [1.165, 1.54) is 0 Å². The van der Waals surface area contributed by atoms with Crippen LogP contribution in [-0.4, -0.2) is 39.6 Å². The highest BCUT2D eigenvalue weighted by atomic mass is 32.1. The lowest BCUT2D eigenvalue weighted by Crippen LogP contribution is -2.48. The summed E-state index contributed by atoms with van der Waals surface area (Å²) in [5.41, 5.74) is 0. The fourth-order valence-electron chi connectivity index (χ4n) is 3.54. The Kier molecular flexibility index (Phi) is 4.03. The number of imidazole rings is 1. The summed E-state index contributed by atoms with van der Waals surface area (Å²) >= 11 is 1.64. The Hall–Kier alpha value is -1.89. The van der Waals surface area contributed by atoms with Gasteiger partial charge in [-0.3, -0.25) is 4.79 Å². The van der Waals surface area contributed by atoms with Crippen molar-refractivity contribution in [2.45, 2.75) is 38.3 Å².